The third kappa shape index (κ3) is 4.98. The van der Waals surface area contributed by atoms with Gasteiger partial charge in [0.05, 0.1) is 12.8 Å². The van der Waals surface area contributed by atoms with Crippen molar-refractivity contribution in [1.82, 2.24) is 4.98 Å². The van der Waals surface area contributed by atoms with Crippen molar-refractivity contribution >= 4 is 28.5 Å². The minimum absolute atomic E-state index is 0.113. The number of esters is 1. The highest BCUT2D eigenvalue weighted by atomic mass is 32.1. The molecule has 1 aromatic rings. The lowest BCUT2D eigenvalue weighted by molar-refractivity contribution is -0.142. The SMILES string of the molecule is COC(=O)C(CN)c1sc(NC(=O)OC(C)(C)C)nc1C. The van der Waals surface area contributed by atoms with E-state index in [1.807, 2.05) is 0 Å². The number of amides is 1. The normalized spacial score (nSPS) is 12.7. The summed E-state index contributed by atoms with van der Waals surface area (Å²) in [4.78, 5) is 28.3. The number of carbonyl (C=O) groups excluding carboxylic acids is 2. The maximum absolute atomic E-state index is 11.7. The van der Waals surface area contributed by atoms with Crippen LogP contribution in [0.5, 0.6) is 0 Å². The molecule has 1 heterocycles. The molecule has 0 saturated heterocycles. The van der Waals surface area contributed by atoms with Crippen LogP contribution in [0.1, 0.15) is 37.3 Å². The largest absolute Gasteiger partial charge is 0.468 e. The summed E-state index contributed by atoms with van der Waals surface area (Å²) in [5, 5.41) is 2.91. The van der Waals surface area contributed by atoms with Crippen LogP contribution in [0, 0.1) is 6.92 Å². The Morgan fingerprint density at radius 2 is 2.05 bits per heavy atom. The predicted octanol–water partition coefficient (Wildman–Crippen LogP) is 2.01. The Labute approximate surface area is 127 Å². The number of methoxy groups -OCH3 is 1. The number of hydrogen-bond acceptors (Lipinski definition) is 7. The van der Waals surface area contributed by atoms with Gasteiger partial charge in [0.1, 0.15) is 11.5 Å². The van der Waals surface area contributed by atoms with E-state index >= 15 is 0 Å². The first kappa shape index (κ1) is 17.4. The Balaban J connectivity index is 2.87. The van der Waals surface area contributed by atoms with Crippen molar-refractivity contribution in [1.29, 1.82) is 0 Å². The van der Waals surface area contributed by atoms with E-state index in [2.05, 4.69) is 10.3 Å². The Hall–Kier alpha value is -1.67. The summed E-state index contributed by atoms with van der Waals surface area (Å²) < 4.78 is 9.86. The molecule has 21 heavy (non-hydrogen) atoms. The third-order valence-electron chi connectivity index (χ3n) is 2.48. The van der Waals surface area contributed by atoms with Gasteiger partial charge in [-0.15, -0.1) is 11.3 Å². The van der Waals surface area contributed by atoms with Crippen molar-refractivity contribution in [2.75, 3.05) is 19.0 Å². The van der Waals surface area contributed by atoms with Gasteiger partial charge in [-0.05, 0) is 27.7 Å². The van der Waals surface area contributed by atoms with Crippen molar-refractivity contribution < 1.29 is 19.1 Å². The van der Waals surface area contributed by atoms with E-state index < -0.39 is 23.6 Å². The number of nitrogens with zero attached hydrogens (tertiary/aromatic N) is 1. The number of nitrogens with one attached hydrogen (secondary N) is 1. The van der Waals surface area contributed by atoms with Gasteiger partial charge in [0.15, 0.2) is 5.13 Å². The Morgan fingerprint density at radius 1 is 1.43 bits per heavy atom. The second kappa shape index (κ2) is 6.86. The zero-order chi connectivity index (χ0) is 16.2. The first-order valence-electron chi connectivity index (χ1n) is 6.43. The lowest BCUT2D eigenvalue weighted by Gasteiger charge is -2.18. The van der Waals surface area contributed by atoms with E-state index in [4.69, 9.17) is 15.2 Å². The molecule has 0 saturated carbocycles. The molecule has 0 aliphatic carbocycles. The molecular weight excluding hydrogens is 294 g/mol. The molecule has 7 nitrogen and oxygen atoms in total. The van der Waals surface area contributed by atoms with Gasteiger partial charge in [-0.2, -0.15) is 0 Å². The van der Waals surface area contributed by atoms with Crippen molar-refractivity contribution in [3.8, 4) is 0 Å². The molecule has 1 atom stereocenters. The van der Waals surface area contributed by atoms with Crippen LogP contribution >= 0.6 is 11.3 Å². The number of ether oxygens (including phenoxy) is 2. The number of hydrogen-bond donors (Lipinski definition) is 2. The van der Waals surface area contributed by atoms with Crippen molar-refractivity contribution in [2.24, 2.45) is 5.73 Å². The Bertz CT molecular complexity index is 522. The number of rotatable bonds is 4. The number of carbonyl (C=O) groups is 2. The summed E-state index contributed by atoms with van der Waals surface area (Å²) in [6.07, 6.45) is -0.592. The molecule has 1 unspecified atom stereocenters. The van der Waals surface area contributed by atoms with Crippen LogP contribution in [0.4, 0.5) is 9.93 Å². The van der Waals surface area contributed by atoms with Crippen molar-refractivity contribution in [3.05, 3.63) is 10.6 Å². The maximum Gasteiger partial charge on any atom is 0.413 e. The molecule has 0 radical (unpaired) electrons. The van der Waals surface area contributed by atoms with Crippen LogP contribution in [0.25, 0.3) is 0 Å². The van der Waals surface area contributed by atoms with Crippen LogP contribution in [0.2, 0.25) is 0 Å². The molecule has 0 aliphatic heterocycles. The van der Waals surface area contributed by atoms with Gasteiger partial charge in [-0.3, -0.25) is 10.1 Å². The third-order valence-corrected chi connectivity index (χ3v) is 3.66. The molecule has 0 fully saturated rings. The molecule has 1 amide bonds. The van der Waals surface area contributed by atoms with Gasteiger partial charge in [-0.1, -0.05) is 0 Å². The van der Waals surface area contributed by atoms with Gasteiger partial charge >= 0.3 is 12.1 Å². The van der Waals surface area contributed by atoms with Crippen molar-refractivity contribution in [2.45, 2.75) is 39.2 Å². The molecule has 8 heteroatoms. The van der Waals surface area contributed by atoms with Crippen LogP contribution in [-0.4, -0.2) is 36.3 Å². The van der Waals surface area contributed by atoms with Crippen LogP contribution in [-0.2, 0) is 14.3 Å². The topological polar surface area (TPSA) is 104 Å². The van der Waals surface area contributed by atoms with Crippen LogP contribution < -0.4 is 11.1 Å². The monoisotopic (exact) mass is 315 g/mol. The summed E-state index contributed by atoms with van der Waals surface area (Å²) in [5.41, 5.74) is 5.65. The minimum Gasteiger partial charge on any atom is -0.468 e. The molecule has 0 spiro atoms. The van der Waals surface area contributed by atoms with E-state index in [1.165, 1.54) is 18.4 Å². The fourth-order valence-electron chi connectivity index (χ4n) is 1.63. The number of anilines is 1. The molecule has 1 aromatic heterocycles. The molecule has 0 aliphatic rings. The zero-order valence-electron chi connectivity index (χ0n) is 12.9. The van der Waals surface area contributed by atoms with E-state index in [0.29, 0.717) is 15.7 Å². The second-order valence-electron chi connectivity index (χ2n) is 5.41. The quantitative estimate of drug-likeness (QED) is 0.824. The van der Waals surface area contributed by atoms with Crippen LogP contribution in [0.15, 0.2) is 0 Å². The zero-order valence-corrected chi connectivity index (χ0v) is 13.7. The first-order chi connectivity index (χ1) is 9.67. The van der Waals surface area contributed by atoms with E-state index in [9.17, 15) is 9.59 Å². The lowest BCUT2D eigenvalue weighted by Crippen LogP contribution is -2.27. The lowest BCUT2D eigenvalue weighted by atomic mass is 10.1. The summed E-state index contributed by atoms with van der Waals surface area (Å²) in [6, 6.07) is 0. The fraction of sp³-hybridized carbons (Fsp3) is 0.615. The van der Waals surface area contributed by atoms with Gasteiger partial charge < -0.3 is 15.2 Å². The number of nitrogens with two attached hydrogens (primary N) is 1. The Kier molecular flexibility index (Phi) is 5.68. The molecular formula is C13H21N3O4S. The van der Waals surface area contributed by atoms with E-state index in [-0.39, 0.29) is 6.54 Å². The smallest absolute Gasteiger partial charge is 0.413 e. The van der Waals surface area contributed by atoms with E-state index in [1.54, 1.807) is 27.7 Å². The number of aromatic nitrogens is 1. The highest BCUT2D eigenvalue weighted by Crippen LogP contribution is 2.30. The molecule has 118 valence electrons. The van der Waals surface area contributed by atoms with Crippen LogP contribution in [0.3, 0.4) is 0 Å². The second-order valence-corrected chi connectivity index (χ2v) is 6.44. The number of aryl methyl sites for hydroxylation is 1. The molecule has 0 aromatic carbocycles. The average Bonchev–Trinajstić information content (AvgIpc) is 2.68. The van der Waals surface area contributed by atoms with Gasteiger partial charge in [0.2, 0.25) is 0 Å². The summed E-state index contributed by atoms with van der Waals surface area (Å²) >= 11 is 1.19. The summed E-state index contributed by atoms with van der Waals surface area (Å²) in [5.74, 6) is -1.00. The maximum atomic E-state index is 11.7. The van der Waals surface area contributed by atoms with E-state index in [0.717, 1.165) is 0 Å². The highest BCUT2D eigenvalue weighted by Gasteiger charge is 2.26. The summed E-state index contributed by atoms with van der Waals surface area (Å²) in [7, 11) is 1.31. The predicted molar refractivity (Wildman–Crippen MR) is 80.5 cm³/mol. The molecule has 1 rings (SSSR count). The summed E-state index contributed by atoms with van der Waals surface area (Å²) in [6.45, 7) is 7.17. The first-order valence-corrected chi connectivity index (χ1v) is 7.24. The van der Waals surface area contributed by atoms with Gasteiger partial charge in [-0.25, -0.2) is 9.78 Å². The standard InChI is InChI=1S/C13H21N3O4S/c1-7-9(8(6-14)10(17)19-5)21-11(15-7)16-12(18)20-13(2,3)4/h8H,6,14H2,1-5H3,(H,15,16,18). The van der Waals surface area contributed by atoms with Gasteiger partial charge in [0.25, 0.3) is 0 Å². The highest BCUT2D eigenvalue weighted by molar-refractivity contribution is 7.16. The molecule has 3 N–H and O–H groups in total. The minimum atomic E-state index is -0.592. The Morgan fingerprint density at radius 3 is 2.52 bits per heavy atom. The van der Waals surface area contributed by atoms with Gasteiger partial charge in [0, 0.05) is 11.4 Å². The number of thiazole rings is 1. The van der Waals surface area contributed by atoms with Crippen molar-refractivity contribution in [3.63, 3.8) is 0 Å². The molecule has 0 bridgehead atoms. The fourth-order valence-corrected chi connectivity index (χ4v) is 2.68. The average molecular weight is 315 g/mol.